The topological polar surface area (TPSA) is 99.2 Å². The second-order valence-corrected chi connectivity index (χ2v) is 14.0. The first-order valence-electron chi connectivity index (χ1n) is 16.4. The molecule has 5 aromatic rings. The summed E-state index contributed by atoms with van der Waals surface area (Å²) in [6, 6.07) is 28.2. The number of pyridine rings is 1. The molecular formula is C40H40N4O3. The van der Waals surface area contributed by atoms with Crippen LogP contribution in [0, 0.1) is 0 Å². The normalized spacial score (nSPS) is 16.2. The molecule has 0 saturated heterocycles. The Morgan fingerprint density at radius 3 is 2.36 bits per heavy atom. The van der Waals surface area contributed by atoms with Gasteiger partial charge in [0.05, 0.1) is 23.2 Å². The molecule has 0 unspecified atom stereocenters. The summed E-state index contributed by atoms with van der Waals surface area (Å²) in [6.07, 6.45) is 5.40. The monoisotopic (exact) mass is 624 g/mol. The minimum Gasteiger partial charge on any atom is -0.378 e. The van der Waals surface area contributed by atoms with E-state index in [-0.39, 0.29) is 22.9 Å². The lowest BCUT2D eigenvalue weighted by Crippen LogP contribution is -2.36. The van der Waals surface area contributed by atoms with Gasteiger partial charge in [0.25, 0.3) is 11.5 Å². The van der Waals surface area contributed by atoms with Crippen molar-refractivity contribution >= 4 is 5.91 Å². The van der Waals surface area contributed by atoms with Crippen molar-refractivity contribution in [3.8, 4) is 22.3 Å². The van der Waals surface area contributed by atoms with Gasteiger partial charge in [0.2, 0.25) is 0 Å². The minimum atomic E-state index is -1.34. The Hall–Kier alpha value is -4.88. The third kappa shape index (κ3) is 6.03. The highest BCUT2D eigenvalue weighted by atomic mass is 16.3. The van der Waals surface area contributed by atoms with E-state index in [9.17, 15) is 14.7 Å². The fraction of sp³-hybridized carbons (Fsp3) is 0.300. The van der Waals surface area contributed by atoms with Gasteiger partial charge in [0.1, 0.15) is 5.82 Å². The van der Waals surface area contributed by atoms with Crippen LogP contribution < -0.4 is 5.56 Å². The third-order valence-corrected chi connectivity index (χ3v) is 9.70. The van der Waals surface area contributed by atoms with Gasteiger partial charge < -0.3 is 15.0 Å². The van der Waals surface area contributed by atoms with E-state index in [1.54, 1.807) is 11.0 Å². The van der Waals surface area contributed by atoms with Crippen LogP contribution in [0.5, 0.6) is 0 Å². The number of aromatic amines is 1. The highest BCUT2D eigenvalue weighted by molar-refractivity contribution is 5.83. The van der Waals surface area contributed by atoms with Crippen LogP contribution >= 0.6 is 0 Å². The number of H-pyrrole nitrogens is 1. The number of benzene rings is 3. The van der Waals surface area contributed by atoms with Crippen LogP contribution in [0.3, 0.4) is 0 Å². The highest BCUT2D eigenvalue weighted by Crippen LogP contribution is 2.52. The van der Waals surface area contributed by atoms with Crippen LogP contribution in [0.25, 0.3) is 22.3 Å². The molecule has 7 rings (SSSR count). The molecule has 1 aliphatic carbocycles. The molecule has 0 bridgehead atoms. The van der Waals surface area contributed by atoms with Gasteiger partial charge in [-0.05, 0) is 76.6 Å². The van der Waals surface area contributed by atoms with E-state index >= 15 is 0 Å². The number of nitrogens with zero attached hydrogens (tertiary/aromatic N) is 3. The molecule has 2 aromatic heterocycles. The lowest BCUT2D eigenvalue weighted by Gasteiger charge is -2.24. The lowest BCUT2D eigenvalue weighted by atomic mass is 9.85. The number of hydrogen-bond acceptors (Lipinski definition) is 5. The van der Waals surface area contributed by atoms with Crippen molar-refractivity contribution in [1.29, 1.82) is 0 Å². The number of aliphatic hydroxyl groups excluding tert-OH is 1. The standard InChI is InChI=1S/C40H40N4O3/c1-39(2,3)31-15-8-13-28(21-31)27-12-7-14-29(20-27)35(45)37(47)44-19-9-16-34-33(25-44)36(46)43-38(42-34)40(17-18-40)32-22-30(23-41-24-32)26-10-5-4-6-11-26/h4-8,10-15,20-24,35,45H,9,16-19,25H2,1-3H3,(H,42,43,46)/t35-/m1/s1. The quantitative estimate of drug-likeness (QED) is 0.215. The summed E-state index contributed by atoms with van der Waals surface area (Å²) in [4.78, 5) is 41.6. The molecule has 2 aliphatic rings. The summed E-state index contributed by atoms with van der Waals surface area (Å²) in [5.41, 5.74) is 7.51. The van der Waals surface area contributed by atoms with Gasteiger partial charge in [-0.3, -0.25) is 14.6 Å². The van der Waals surface area contributed by atoms with Gasteiger partial charge in [-0.2, -0.15) is 0 Å². The molecule has 1 fully saturated rings. The van der Waals surface area contributed by atoms with E-state index in [1.165, 1.54) is 5.56 Å². The number of aryl methyl sites for hydroxylation is 1. The van der Waals surface area contributed by atoms with E-state index < -0.39 is 12.0 Å². The molecule has 47 heavy (non-hydrogen) atoms. The maximum Gasteiger partial charge on any atom is 0.256 e. The number of aliphatic hydroxyl groups is 1. The van der Waals surface area contributed by atoms with Gasteiger partial charge in [-0.15, -0.1) is 0 Å². The van der Waals surface area contributed by atoms with Gasteiger partial charge >= 0.3 is 0 Å². The van der Waals surface area contributed by atoms with Gasteiger partial charge in [0.15, 0.2) is 6.10 Å². The first-order chi connectivity index (χ1) is 22.6. The molecule has 0 radical (unpaired) electrons. The summed E-state index contributed by atoms with van der Waals surface area (Å²) in [7, 11) is 0. The maximum atomic E-state index is 13.7. The number of amides is 1. The van der Waals surface area contributed by atoms with Crippen molar-refractivity contribution in [2.24, 2.45) is 0 Å². The first-order valence-corrected chi connectivity index (χ1v) is 16.4. The average Bonchev–Trinajstić information content (AvgIpc) is 3.93. The fourth-order valence-electron chi connectivity index (χ4n) is 6.68. The molecule has 2 N–H and O–H groups in total. The molecule has 3 heterocycles. The van der Waals surface area contributed by atoms with E-state index in [0.29, 0.717) is 36.3 Å². The lowest BCUT2D eigenvalue weighted by molar-refractivity contribution is -0.141. The van der Waals surface area contributed by atoms with Crippen LogP contribution in [-0.4, -0.2) is 37.4 Å². The molecular weight excluding hydrogens is 584 g/mol. The van der Waals surface area contributed by atoms with Crippen molar-refractivity contribution in [2.75, 3.05) is 6.54 Å². The van der Waals surface area contributed by atoms with E-state index in [2.05, 4.69) is 61.1 Å². The Kier molecular flexibility index (Phi) is 7.88. The zero-order valence-corrected chi connectivity index (χ0v) is 27.2. The van der Waals surface area contributed by atoms with Crippen molar-refractivity contribution in [2.45, 2.75) is 69.9 Å². The number of nitrogens with one attached hydrogen (secondary N) is 1. The van der Waals surface area contributed by atoms with Crippen LogP contribution in [0.15, 0.2) is 102 Å². The van der Waals surface area contributed by atoms with Crippen molar-refractivity contribution in [1.82, 2.24) is 19.9 Å². The Morgan fingerprint density at radius 1 is 0.894 bits per heavy atom. The Balaban J connectivity index is 1.12. The van der Waals surface area contributed by atoms with E-state index in [0.717, 1.165) is 46.4 Å². The molecule has 1 atom stereocenters. The zero-order valence-electron chi connectivity index (χ0n) is 27.2. The number of hydrogen-bond donors (Lipinski definition) is 2. The predicted octanol–water partition coefficient (Wildman–Crippen LogP) is 6.88. The summed E-state index contributed by atoms with van der Waals surface area (Å²) in [5, 5.41) is 11.3. The highest BCUT2D eigenvalue weighted by Gasteiger charge is 2.49. The van der Waals surface area contributed by atoms with Gasteiger partial charge in [-0.1, -0.05) is 93.6 Å². The zero-order chi connectivity index (χ0) is 32.8. The summed E-state index contributed by atoms with van der Waals surface area (Å²) < 4.78 is 0. The summed E-state index contributed by atoms with van der Waals surface area (Å²) in [6.45, 7) is 7.08. The van der Waals surface area contributed by atoms with Crippen LogP contribution in [0.4, 0.5) is 0 Å². The van der Waals surface area contributed by atoms with Crippen molar-refractivity contribution < 1.29 is 9.90 Å². The SMILES string of the molecule is CC(C)(C)c1cccc(-c2cccc([C@@H](O)C(=O)N3CCCc4nc(C5(c6cncc(-c7ccccc7)c6)CC5)[nH]c(=O)c4C3)c2)c1. The number of rotatable bonds is 6. The molecule has 238 valence electrons. The molecule has 1 saturated carbocycles. The van der Waals surface area contributed by atoms with Crippen LogP contribution in [0.2, 0.25) is 0 Å². The summed E-state index contributed by atoms with van der Waals surface area (Å²) in [5.74, 6) is 0.254. The number of fused-ring (bicyclic) bond motifs is 1. The third-order valence-electron chi connectivity index (χ3n) is 9.70. The molecule has 3 aromatic carbocycles. The maximum absolute atomic E-state index is 13.7. The van der Waals surface area contributed by atoms with Gasteiger partial charge in [-0.25, -0.2) is 4.98 Å². The number of carbonyl (C=O) groups is 1. The second kappa shape index (κ2) is 12.0. The van der Waals surface area contributed by atoms with E-state index in [4.69, 9.17) is 4.98 Å². The van der Waals surface area contributed by atoms with Crippen LogP contribution in [0.1, 0.15) is 79.9 Å². The van der Waals surface area contributed by atoms with Crippen molar-refractivity contribution in [3.63, 3.8) is 0 Å². The molecule has 7 heteroatoms. The fourth-order valence-corrected chi connectivity index (χ4v) is 6.68. The molecule has 0 spiro atoms. The Labute approximate surface area is 275 Å². The summed E-state index contributed by atoms with van der Waals surface area (Å²) >= 11 is 0. The predicted molar refractivity (Wildman–Crippen MR) is 184 cm³/mol. The van der Waals surface area contributed by atoms with Gasteiger partial charge in [0, 0.05) is 24.5 Å². The number of carbonyl (C=O) groups excluding carboxylic acids is 1. The Bertz CT molecular complexity index is 2010. The first kappa shape index (κ1) is 30.8. The average molecular weight is 625 g/mol. The molecule has 1 amide bonds. The van der Waals surface area contributed by atoms with Crippen molar-refractivity contribution in [3.05, 3.63) is 141 Å². The van der Waals surface area contributed by atoms with E-state index in [1.807, 2.05) is 60.9 Å². The largest absolute Gasteiger partial charge is 0.378 e. The number of aromatic nitrogens is 3. The van der Waals surface area contributed by atoms with Crippen LogP contribution in [-0.2, 0) is 28.6 Å². The molecule has 7 nitrogen and oxygen atoms in total. The smallest absolute Gasteiger partial charge is 0.256 e. The Morgan fingerprint density at radius 2 is 1.62 bits per heavy atom. The minimum absolute atomic E-state index is 0.00350. The molecule has 1 aliphatic heterocycles. The second-order valence-electron chi connectivity index (χ2n) is 14.0.